The zero-order valence-corrected chi connectivity index (χ0v) is 16.2. The normalized spacial score (nSPS) is 10.7. The number of carbonyl (C=O) groups is 2. The van der Waals surface area contributed by atoms with Crippen LogP contribution in [0.1, 0.15) is 23.2 Å². The molecular weight excluding hydrogens is 398 g/mol. The molecule has 2 aromatic heterocycles. The van der Waals surface area contributed by atoms with E-state index in [4.69, 9.17) is 4.42 Å². The van der Waals surface area contributed by atoms with Crippen LogP contribution in [0.25, 0.3) is 0 Å². The summed E-state index contributed by atoms with van der Waals surface area (Å²) < 4.78 is 6.80. The molecule has 0 saturated carbocycles. The predicted octanol–water partition coefficient (Wildman–Crippen LogP) is 1.10. The summed E-state index contributed by atoms with van der Waals surface area (Å²) in [7, 11) is 0. The summed E-state index contributed by atoms with van der Waals surface area (Å²) in [5, 5.41) is 10.6. The lowest BCUT2D eigenvalue weighted by molar-refractivity contribution is -0.114. The number of hydrogen-bond donors (Lipinski definition) is 2. The van der Waals surface area contributed by atoms with E-state index < -0.39 is 11.2 Å². The summed E-state index contributed by atoms with van der Waals surface area (Å²) in [6.07, 6.45) is 1.69. The SMILES string of the molecule is CC(=O)Nc1cccc(C(=O)CSc2nnc(CCn3ccc(=O)[nH]c3=O)o2)c1. The van der Waals surface area contributed by atoms with Gasteiger partial charge in [0, 0.05) is 43.4 Å². The van der Waals surface area contributed by atoms with Gasteiger partial charge in [-0.2, -0.15) is 0 Å². The van der Waals surface area contributed by atoms with Gasteiger partial charge >= 0.3 is 5.69 Å². The van der Waals surface area contributed by atoms with Crippen LogP contribution in [-0.2, 0) is 17.8 Å². The topological polar surface area (TPSA) is 140 Å². The second-order valence-electron chi connectivity index (χ2n) is 5.99. The van der Waals surface area contributed by atoms with Crippen molar-refractivity contribution in [1.29, 1.82) is 0 Å². The van der Waals surface area contributed by atoms with Crippen LogP contribution in [0.4, 0.5) is 5.69 Å². The highest BCUT2D eigenvalue weighted by atomic mass is 32.2. The number of hydrogen-bond acceptors (Lipinski definition) is 8. The van der Waals surface area contributed by atoms with E-state index in [1.54, 1.807) is 24.3 Å². The summed E-state index contributed by atoms with van der Waals surface area (Å²) in [5.41, 5.74) is 0.0283. The number of aromatic nitrogens is 4. The molecule has 1 amide bonds. The van der Waals surface area contributed by atoms with Crippen molar-refractivity contribution in [3.63, 3.8) is 0 Å². The molecule has 0 spiro atoms. The van der Waals surface area contributed by atoms with Crippen molar-refractivity contribution in [2.75, 3.05) is 11.1 Å². The van der Waals surface area contributed by atoms with Crippen molar-refractivity contribution in [2.24, 2.45) is 0 Å². The highest BCUT2D eigenvalue weighted by molar-refractivity contribution is 7.99. The standard InChI is InChI=1S/C18H17N5O5S/c1-11(24)19-13-4-2-3-12(9-13)14(25)10-29-18-22-21-16(28-18)6-8-23-7-5-15(26)20-17(23)27/h2-5,7,9H,6,8,10H2,1H3,(H,19,24)(H,20,26,27). The summed E-state index contributed by atoms with van der Waals surface area (Å²) in [5.74, 6) is 0.0313. The van der Waals surface area contributed by atoms with Crippen LogP contribution in [0.5, 0.6) is 0 Å². The number of benzene rings is 1. The van der Waals surface area contributed by atoms with Crippen LogP contribution in [0, 0.1) is 0 Å². The zero-order chi connectivity index (χ0) is 20.8. The lowest BCUT2D eigenvalue weighted by atomic mass is 10.1. The molecule has 29 heavy (non-hydrogen) atoms. The molecule has 0 atom stereocenters. The lowest BCUT2D eigenvalue weighted by Gasteiger charge is -2.04. The quantitative estimate of drug-likeness (QED) is 0.412. The monoisotopic (exact) mass is 415 g/mol. The molecule has 2 N–H and O–H groups in total. The Morgan fingerprint density at radius 2 is 2.07 bits per heavy atom. The van der Waals surface area contributed by atoms with Gasteiger partial charge in [0.25, 0.3) is 10.8 Å². The van der Waals surface area contributed by atoms with E-state index in [9.17, 15) is 19.2 Å². The lowest BCUT2D eigenvalue weighted by Crippen LogP contribution is -2.29. The van der Waals surface area contributed by atoms with Crippen molar-refractivity contribution in [3.8, 4) is 0 Å². The van der Waals surface area contributed by atoms with Crippen LogP contribution in [0.15, 0.2) is 55.8 Å². The molecule has 2 heterocycles. The molecule has 10 nitrogen and oxygen atoms in total. The van der Waals surface area contributed by atoms with Crippen molar-refractivity contribution in [2.45, 2.75) is 25.1 Å². The van der Waals surface area contributed by atoms with Crippen LogP contribution in [0.3, 0.4) is 0 Å². The van der Waals surface area contributed by atoms with Crippen LogP contribution in [0.2, 0.25) is 0 Å². The van der Waals surface area contributed by atoms with Gasteiger partial charge < -0.3 is 14.3 Å². The maximum Gasteiger partial charge on any atom is 0.328 e. The highest BCUT2D eigenvalue weighted by Gasteiger charge is 2.12. The van der Waals surface area contributed by atoms with Crippen LogP contribution >= 0.6 is 11.8 Å². The predicted molar refractivity (Wildman–Crippen MR) is 105 cm³/mol. The summed E-state index contributed by atoms with van der Waals surface area (Å²) >= 11 is 1.10. The van der Waals surface area contributed by atoms with Gasteiger partial charge in [0.2, 0.25) is 11.8 Å². The minimum absolute atomic E-state index is 0.0878. The smallest absolute Gasteiger partial charge is 0.328 e. The van der Waals surface area contributed by atoms with Crippen molar-refractivity contribution in [3.05, 3.63) is 68.8 Å². The third-order valence-electron chi connectivity index (χ3n) is 3.74. The first-order chi connectivity index (χ1) is 13.9. The Morgan fingerprint density at radius 1 is 1.24 bits per heavy atom. The number of nitrogens with zero attached hydrogens (tertiary/aromatic N) is 3. The summed E-state index contributed by atoms with van der Waals surface area (Å²) in [4.78, 5) is 48.3. The average molecular weight is 415 g/mol. The minimum atomic E-state index is -0.515. The van der Waals surface area contributed by atoms with Gasteiger partial charge in [0.1, 0.15) is 0 Å². The molecule has 0 bridgehead atoms. The molecule has 0 fully saturated rings. The molecule has 0 unspecified atom stereocenters. The van der Waals surface area contributed by atoms with Gasteiger partial charge in [0.15, 0.2) is 5.78 Å². The van der Waals surface area contributed by atoms with Crippen molar-refractivity contribution in [1.82, 2.24) is 19.7 Å². The maximum absolute atomic E-state index is 12.3. The number of ketones is 1. The Morgan fingerprint density at radius 3 is 2.83 bits per heavy atom. The Hall–Kier alpha value is -3.47. The first-order valence-corrected chi connectivity index (χ1v) is 9.55. The van der Waals surface area contributed by atoms with E-state index in [0.29, 0.717) is 23.6 Å². The molecule has 0 aliphatic heterocycles. The number of aromatic amines is 1. The molecule has 0 aliphatic rings. The molecule has 11 heteroatoms. The van der Waals surface area contributed by atoms with E-state index >= 15 is 0 Å². The molecule has 0 saturated heterocycles. The molecule has 3 aromatic rings. The Labute approximate surface area is 168 Å². The number of thioether (sulfide) groups is 1. The second kappa shape index (κ2) is 9.15. The molecule has 3 rings (SSSR count). The van der Waals surface area contributed by atoms with Crippen molar-refractivity contribution < 1.29 is 14.0 Å². The second-order valence-corrected chi connectivity index (χ2v) is 6.92. The molecule has 0 aliphatic carbocycles. The number of H-pyrrole nitrogens is 1. The van der Waals surface area contributed by atoms with Gasteiger partial charge in [-0.05, 0) is 12.1 Å². The number of amides is 1. The van der Waals surface area contributed by atoms with Gasteiger partial charge in [0.05, 0.1) is 5.75 Å². The molecule has 0 radical (unpaired) electrons. The third kappa shape index (κ3) is 5.75. The number of anilines is 1. The van der Waals surface area contributed by atoms with Gasteiger partial charge in [-0.25, -0.2) is 4.79 Å². The number of rotatable bonds is 8. The average Bonchev–Trinajstić information content (AvgIpc) is 3.13. The fourth-order valence-corrected chi connectivity index (χ4v) is 3.09. The Bertz CT molecular complexity index is 1150. The van der Waals surface area contributed by atoms with Crippen molar-refractivity contribution >= 4 is 29.1 Å². The first-order valence-electron chi connectivity index (χ1n) is 8.56. The zero-order valence-electron chi connectivity index (χ0n) is 15.4. The third-order valence-corrected chi connectivity index (χ3v) is 4.56. The van der Waals surface area contributed by atoms with Gasteiger partial charge in [-0.1, -0.05) is 23.9 Å². The Balaban J connectivity index is 1.55. The van der Waals surface area contributed by atoms with E-state index in [2.05, 4.69) is 20.5 Å². The van der Waals surface area contributed by atoms with Gasteiger partial charge in [-0.3, -0.25) is 19.4 Å². The molecular formula is C18H17N5O5S. The number of nitrogens with one attached hydrogen (secondary N) is 2. The minimum Gasteiger partial charge on any atom is -0.416 e. The summed E-state index contributed by atoms with van der Waals surface area (Å²) in [6.45, 7) is 1.65. The number of aryl methyl sites for hydroxylation is 2. The maximum atomic E-state index is 12.3. The van der Waals surface area contributed by atoms with Crippen LogP contribution < -0.4 is 16.6 Å². The van der Waals surface area contributed by atoms with E-state index in [1.165, 1.54) is 23.8 Å². The van der Waals surface area contributed by atoms with Crippen LogP contribution in [-0.4, -0.2) is 37.2 Å². The number of Topliss-reactive ketones (excluding diaryl/α,β-unsaturated/α-hetero) is 1. The molecule has 1 aromatic carbocycles. The van der Waals surface area contributed by atoms with E-state index in [-0.39, 0.29) is 29.2 Å². The summed E-state index contributed by atoms with van der Waals surface area (Å²) in [6, 6.07) is 7.90. The largest absolute Gasteiger partial charge is 0.416 e. The van der Waals surface area contributed by atoms with E-state index in [1.807, 2.05) is 0 Å². The highest BCUT2D eigenvalue weighted by Crippen LogP contribution is 2.19. The first kappa shape index (κ1) is 20.3. The fourth-order valence-electron chi connectivity index (χ4n) is 2.42. The molecule has 150 valence electrons. The van der Waals surface area contributed by atoms with Gasteiger partial charge in [-0.15, -0.1) is 10.2 Å². The fraction of sp³-hybridized carbons (Fsp3) is 0.222. The van der Waals surface area contributed by atoms with E-state index in [0.717, 1.165) is 11.8 Å². The Kier molecular flexibility index (Phi) is 6.39. The number of carbonyl (C=O) groups excluding carboxylic acids is 2.